The Balaban J connectivity index is 2.35. The Morgan fingerprint density at radius 1 is 1.17 bits per heavy atom. The summed E-state index contributed by atoms with van der Waals surface area (Å²) in [5.74, 6) is -0.173. The van der Waals surface area contributed by atoms with Crippen LogP contribution in [0.4, 0.5) is 0 Å². The fraction of sp³-hybridized carbons (Fsp3) is 0.368. The van der Waals surface area contributed by atoms with E-state index in [1.165, 1.54) is 12.5 Å². The van der Waals surface area contributed by atoms with Gasteiger partial charge in [0.2, 0.25) is 5.91 Å². The molecule has 1 heterocycles. The van der Waals surface area contributed by atoms with Crippen LogP contribution in [-0.4, -0.2) is 16.7 Å². The average molecular weight is 311 g/mol. The van der Waals surface area contributed by atoms with E-state index in [-0.39, 0.29) is 11.3 Å². The lowest BCUT2D eigenvalue weighted by molar-refractivity contribution is -0.118. The van der Waals surface area contributed by atoms with Gasteiger partial charge in [-0.15, -0.1) is 0 Å². The number of amides is 1. The Morgan fingerprint density at radius 3 is 2.30 bits per heavy atom. The number of nitrogens with one attached hydrogen (secondary N) is 1. The molecule has 1 aromatic heterocycles. The summed E-state index contributed by atoms with van der Waals surface area (Å²) in [4.78, 5) is 10.9. The first-order valence-corrected chi connectivity index (χ1v) is 7.79. The molecule has 0 fully saturated rings. The predicted molar refractivity (Wildman–Crippen MR) is 95.4 cm³/mol. The normalized spacial score (nSPS) is 11.9. The van der Waals surface area contributed by atoms with Crippen molar-refractivity contribution in [2.75, 3.05) is 0 Å². The van der Waals surface area contributed by atoms with Gasteiger partial charge in [0, 0.05) is 29.6 Å². The van der Waals surface area contributed by atoms with Crippen molar-refractivity contribution in [1.29, 1.82) is 0 Å². The van der Waals surface area contributed by atoms with Crippen LogP contribution in [0, 0.1) is 13.8 Å². The molecule has 0 atom stereocenters. The molecule has 0 unspecified atom stereocenters. The Bertz CT molecular complexity index is 731. The molecule has 0 aliphatic heterocycles. The summed E-state index contributed by atoms with van der Waals surface area (Å²) >= 11 is 0. The second-order valence-electron chi connectivity index (χ2n) is 6.88. The van der Waals surface area contributed by atoms with Crippen molar-refractivity contribution in [3.8, 4) is 5.69 Å². The lowest BCUT2D eigenvalue weighted by Gasteiger charge is -2.20. The zero-order chi connectivity index (χ0) is 17.2. The number of aromatic nitrogens is 1. The summed E-state index contributed by atoms with van der Waals surface area (Å²) in [6.07, 6.45) is 1.68. The van der Waals surface area contributed by atoms with Crippen molar-refractivity contribution in [3.05, 3.63) is 52.8 Å². The van der Waals surface area contributed by atoms with Crippen LogP contribution in [0.5, 0.6) is 0 Å². The van der Waals surface area contributed by atoms with Gasteiger partial charge in [-0.3, -0.25) is 4.79 Å². The van der Waals surface area contributed by atoms with Gasteiger partial charge in [-0.1, -0.05) is 32.9 Å². The minimum atomic E-state index is -0.173. The molecule has 0 saturated carbocycles. The summed E-state index contributed by atoms with van der Waals surface area (Å²) in [5.41, 5.74) is 8.26. The van der Waals surface area contributed by atoms with Gasteiger partial charge in [-0.05, 0) is 43.0 Å². The molecule has 0 saturated heterocycles. The first kappa shape index (κ1) is 17.0. The van der Waals surface area contributed by atoms with Crippen molar-refractivity contribution < 1.29 is 4.79 Å². The Labute approximate surface area is 138 Å². The maximum Gasteiger partial charge on any atom is 0.236 e. The molecule has 2 aromatic rings. The van der Waals surface area contributed by atoms with Gasteiger partial charge in [0.1, 0.15) is 0 Å². The minimum Gasteiger partial charge on any atom is -0.318 e. The highest BCUT2D eigenvalue weighted by atomic mass is 16.2. The number of hydrogen-bond acceptors (Lipinski definition) is 2. The lowest BCUT2D eigenvalue weighted by atomic mass is 9.87. The van der Waals surface area contributed by atoms with Crippen LogP contribution < -0.4 is 5.43 Å². The lowest BCUT2D eigenvalue weighted by Crippen LogP contribution is -2.12. The van der Waals surface area contributed by atoms with Gasteiger partial charge in [0.05, 0.1) is 6.21 Å². The summed E-state index contributed by atoms with van der Waals surface area (Å²) < 4.78 is 2.20. The fourth-order valence-electron chi connectivity index (χ4n) is 2.62. The van der Waals surface area contributed by atoms with E-state index < -0.39 is 0 Å². The van der Waals surface area contributed by atoms with Crippen molar-refractivity contribution in [2.45, 2.75) is 47.0 Å². The predicted octanol–water partition coefficient (Wildman–Crippen LogP) is 3.86. The molecule has 1 aromatic carbocycles. The third-order valence-corrected chi connectivity index (χ3v) is 3.89. The molecular formula is C19H25N3O. The van der Waals surface area contributed by atoms with E-state index in [0.29, 0.717) is 0 Å². The van der Waals surface area contributed by atoms with Crippen LogP contribution in [0.15, 0.2) is 35.4 Å². The number of carbonyl (C=O) groups is 1. The zero-order valence-corrected chi connectivity index (χ0v) is 14.8. The van der Waals surface area contributed by atoms with Crippen LogP contribution in [0.3, 0.4) is 0 Å². The molecule has 0 spiro atoms. The number of hydrazone groups is 1. The van der Waals surface area contributed by atoms with Crippen LogP contribution in [0.1, 0.15) is 50.2 Å². The van der Waals surface area contributed by atoms with Crippen LogP contribution in [0.2, 0.25) is 0 Å². The van der Waals surface area contributed by atoms with Crippen LogP contribution in [-0.2, 0) is 10.2 Å². The molecule has 2 rings (SSSR count). The highest BCUT2D eigenvalue weighted by molar-refractivity contribution is 5.83. The zero-order valence-electron chi connectivity index (χ0n) is 14.8. The van der Waals surface area contributed by atoms with Crippen molar-refractivity contribution in [3.63, 3.8) is 0 Å². The standard InChI is InChI=1S/C19H25N3O/c1-13-11-16(12-20-21-15(3)23)14(2)22(13)18-9-7-17(8-10-18)19(4,5)6/h7-12H,1-6H3,(H,21,23)/b20-12-. The van der Waals surface area contributed by atoms with Crippen LogP contribution in [0.25, 0.3) is 5.69 Å². The minimum absolute atomic E-state index is 0.148. The van der Waals surface area contributed by atoms with Crippen molar-refractivity contribution >= 4 is 12.1 Å². The van der Waals surface area contributed by atoms with Crippen LogP contribution >= 0.6 is 0 Å². The molecule has 0 bridgehead atoms. The van der Waals surface area contributed by atoms with Crippen molar-refractivity contribution in [1.82, 2.24) is 9.99 Å². The van der Waals surface area contributed by atoms with Gasteiger partial charge in [-0.2, -0.15) is 5.10 Å². The summed E-state index contributed by atoms with van der Waals surface area (Å²) in [7, 11) is 0. The summed E-state index contributed by atoms with van der Waals surface area (Å²) in [6, 6.07) is 10.7. The number of aryl methyl sites for hydroxylation is 1. The van der Waals surface area contributed by atoms with E-state index >= 15 is 0 Å². The third-order valence-electron chi connectivity index (χ3n) is 3.89. The van der Waals surface area contributed by atoms with E-state index in [2.05, 4.69) is 80.0 Å². The van der Waals surface area contributed by atoms with E-state index in [0.717, 1.165) is 22.6 Å². The molecule has 23 heavy (non-hydrogen) atoms. The first-order valence-electron chi connectivity index (χ1n) is 7.79. The second kappa shape index (κ2) is 6.41. The summed E-state index contributed by atoms with van der Waals surface area (Å²) in [5, 5.41) is 3.96. The largest absolute Gasteiger partial charge is 0.318 e. The third kappa shape index (κ3) is 3.89. The van der Waals surface area contributed by atoms with Gasteiger partial charge in [-0.25, -0.2) is 5.43 Å². The molecule has 122 valence electrons. The summed E-state index contributed by atoms with van der Waals surface area (Å²) in [6.45, 7) is 12.2. The van der Waals surface area contributed by atoms with E-state index in [4.69, 9.17) is 0 Å². The molecule has 1 amide bonds. The Morgan fingerprint density at radius 2 is 1.78 bits per heavy atom. The molecule has 0 aliphatic carbocycles. The SMILES string of the molecule is CC(=O)N/N=C\c1cc(C)n(-c2ccc(C(C)(C)C)cc2)c1C. The molecule has 0 aliphatic rings. The van der Waals surface area contributed by atoms with Gasteiger partial charge >= 0.3 is 0 Å². The van der Waals surface area contributed by atoms with E-state index in [1.54, 1.807) is 6.21 Å². The van der Waals surface area contributed by atoms with Crippen molar-refractivity contribution in [2.24, 2.45) is 5.10 Å². The molecule has 0 radical (unpaired) electrons. The Hall–Kier alpha value is -2.36. The van der Waals surface area contributed by atoms with E-state index in [1.807, 2.05) is 0 Å². The number of nitrogens with zero attached hydrogens (tertiary/aromatic N) is 2. The monoisotopic (exact) mass is 311 g/mol. The highest BCUT2D eigenvalue weighted by Gasteiger charge is 2.14. The number of rotatable bonds is 3. The molecular weight excluding hydrogens is 286 g/mol. The highest BCUT2D eigenvalue weighted by Crippen LogP contribution is 2.25. The maximum absolute atomic E-state index is 10.9. The van der Waals surface area contributed by atoms with Gasteiger partial charge < -0.3 is 4.57 Å². The topological polar surface area (TPSA) is 46.4 Å². The number of hydrogen-bond donors (Lipinski definition) is 1. The molecule has 4 nitrogen and oxygen atoms in total. The average Bonchev–Trinajstić information content (AvgIpc) is 2.72. The van der Waals surface area contributed by atoms with E-state index in [9.17, 15) is 4.79 Å². The number of benzene rings is 1. The smallest absolute Gasteiger partial charge is 0.236 e. The quantitative estimate of drug-likeness (QED) is 0.679. The molecule has 4 heteroatoms. The fourth-order valence-corrected chi connectivity index (χ4v) is 2.62. The van der Waals surface area contributed by atoms with Gasteiger partial charge in [0.15, 0.2) is 0 Å². The van der Waals surface area contributed by atoms with Gasteiger partial charge in [0.25, 0.3) is 0 Å². The maximum atomic E-state index is 10.9. The Kier molecular flexibility index (Phi) is 4.73. The number of carbonyl (C=O) groups excluding carboxylic acids is 1. The first-order chi connectivity index (χ1) is 10.7. The molecule has 1 N–H and O–H groups in total. The second-order valence-corrected chi connectivity index (χ2v) is 6.88.